The average molecular weight is 413 g/mol. The molecule has 0 unspecified atom stereocenters. The zero-order valence-corrected chi connectivity index (χ0v) is 18.1. The molecular weight excluding hydrogens is 384 g/mol. The van der Waals surface area contributed by atoms with Gasteiger partial charge < -0.3 is 14.5 Å². The molecule has 2 amide bonds. The van der Waals surface area contributed by atoms with Crippen LogP contribution in [0.2, 0.25) is 0 Å². The van der Waals surface area contributed by atoms with Crippen molar-refractivity contribution in [1.29, 1.82) is 0 Å². The Morgan fingerprint density at radius 1 is 1.31 bits per heavy atom. The molecule has 0 N–H and O–H groups in total. The van der Waals surface area contributed by atoms with Crippen molar-refractivity contribution >= 4 is 23.2 Å². The van der Waals surface area contributed by atoms with Crippen LogP contribution in [0, 0.1) is 5.92 Å². The van der Waals surface area contributed by atoms with Gasteiger partial charge in [-0.25, -0.2) is 0 Å². The van der Waals surface area contributed by atoms with Crippen molar-refractivity contribution < 1.29 is 14.3 Å². The van der Waals surface area contributed by atoms with Gasteiger partial charge in [0, 0.05) is 23.9 Å². The van der Waals surface area contributed by atoms with E-state index in [1.165, 1.54) is 10.4 Å². The number of rotatable bonds is 7. The molecular formula is C23H28N2O3S. The summed E-state index contributed by atoms with van der Waals surface area (Å²) in [7, 11) is 1.64. The second-order valence-electron chi connectivity index (χ2n) is 7.47. The van der Waals surface area contributed by atoms with Gasteiger partial charge in [-0.2, -0.15) is 0 Å². The lowest BCUT2D eigenvalue weighted by atomic mass is 9.93. The Balaban J connectivity index is 1.90. The van der Waals surface area contributed by atoms with E-state index in [1.807, 2.05) is 43.0 Å². The van der Waals surface area contributed by atoms with Crippen molar-refractivity contribution in [2.45, 2.75) is 26.3 Å². The van der Waals surface area contributed by atoms with Crippen LogP contribution in [0.5, 0.6) is 5.75 Å². The summed E-state index contributed by atoms with van der Waals surface area (Å²) < 4.78 is 5.28. The van der Waals surface area contributed by atoms with Gasteiger partial charge in [0.15, 0.2) is 0 Å². The first-order valence-electron chi connectivity index (χ1n) is 9.85. The minimum atomic E-state index is -0.162. The smallest absolute Gasteiger partial charge is 0.243 e. The predicted octanol–water partition coefficient (Wildman–Crippen LogP) is 3.90. The molecule has 154 valence electrons. The van der Waals surface area contributed by atoms with Crippen LogP contribution in [-0.2, 0) is 16.0 Å². The molecule has 0 radical (unpaired) electrons. The summed E-state index contributed by atoms with van der Waals surface area (Å²) in [6.07, 6.45) is 2.51. The van der Waals surface area contributed by atoms with Gasteiger partial charge in [-0.15, -0.1) is 17.9 Å². The lowest BCUT2D eigenvalue weighted by Crippen LogP contribution is -2.47. The second kappa shape index (κ2) is 9.27. The normalized spacial score (nSPS) is 15.7. The second-order valence-corrected chi connectivity index (χ2v) is 8.47. The van der Waals surface area contributed by atoms with Crippen molar-refractivity contribution in [2.75, 3.05) is 26.7 Å². The monoisotopic (exact) mass is 412 g/mol. The van der Waals surface area contributed by atoms with E-state index in [9.17, 15) is 9.59 Å². The van der Waals surface area contributed by atoms with Gasteiger partial charge in [0.25, 0.3) is 0 Å². The number of fused-ring (bicyclic) bond motifs is 1. The van der Waals surface area contributed by atoms with Crippen LogP contribution in [0.4, 0.5) is 0 Å². The molecule has 5 nitrogen and oxygen atoms in total. The number of benzene rings is 1. The van der Waals surface area contributed by atoms with Crippen LogP contribution < -0.4 is 4.74 Å². The number of methoxy groups -OCH3 is 1. The molecule has 0 saturated heterocycles. The van der Waals surface area contributed by atoms with Gasteiger partial charge in [0.05, 0.1) is 13.2 Å². The minimum absolute atomic E-state index is 0.0347. The number of amides is 2. The molecule has 3 rings (SSSR count). The molecule has 0 spiro atoms. The molecule has 0 bridgehead atoms. The number of carbonyl (C=O) groups excluding carboxylic acids is 2. The first-order chi connectivity index (χ1) is 14.0. The fraction of sp³-hybridized carbons (Fsp3) is 0.391. The topological polar surface area (TPSA) is 49.9 Å². The summed E-state index contributed by atoms with van der Waals surface area (Å²) >= 11 is 1.74. The number of ether oxygens (including phenoxy) is 1. The Kier molecular flexibility index (Phi) is 6.75. The largest absolute Gasteiger partial charge is 0.497 e. The first kappa shape index (κ1) is 21.1. The highest BCUT2D eigenvalue weighted by Crippen LogP contribution is 2.38. The molecule has 1 aliphatic heterocycles. The Bertz CT molecular complexity index is 873. The highest BCUT2D eigenvalue weighted by molar-refractivity contribution is 7.10. The van der Waals surface area contributed by atoms with E-state index in [2.05, 4.69) is 18.0 Å². The lowest BCUT2D eigenvalue weighted by molar-refractivity contribution is -0.142. The van der Waals surface area contributed by atoms with E-state index in [4.69, 9.17) is 4.74 Å². The third-order valence-corrected chi connectivity index (χ3v) is 6.20. The van der Waals surface area contributed by atoms with Crippen LogP contribution in [-0.4, -0.2) is 48.4 Å². The van der Waals surface area contributed by atoms with Gasteiger partial charge in [-0.3, -0.25) is 9.59 Å². The maximum atomic E-state index is 13.3. The van der Waals surface area contributed by atoms with E-state index in [0.29, 0.717) is 13.1 Å². The predicted molar refractivity (Wildman–Crippen MR) is 116 cm³/mol. The molecule has 0 fully saturated rings. The molecule has 1 aromatic carbocycles. The molecule has 6 heteroatoms. The zero-order chi connectivity index (χ0) is 21.0. The van der Waals surface area contributed by atoms with Crippen molar-refractivity contribution in [1.82, 2.24) is 9.80 Å². The summed E-state index contributed by atoms with van der Waals surface area (Å²) in [4.78, 5) is 30.7. The number of carbonyl (C=O) groups is 2. The highest BCUT2D eigenvalue weighted by atomic mass is 32.1. The third kappa shape index (κ3) is 4.53. The van der Waals surface area contributed by atoms with Crippen molar-refractivity contribution in [3.05, 3.63) is 64.4 Å². The van der Waals surface area contributed by atoms with Crippen LogP contribution in [0.15, 0.2) is 48.4 Å². The van der Waals surface area contributed by atoms with Gasteiger partial charge in [0.1, 0.15) is 12.3 Å². The molecule has 2 heterocycles. The average Bonchev–Trinajstić information content (AvgIpc) is 3.21. The fourth-order valence-corrected chi connectivity index (χ4v) is 4.64. The molecule has 29 heavy (non-hydrogen) atoms. The zero-order valence-electron chi connectivity index (χ0n) is 17.3. The Morgan fingerprint density at radius 3 is 2.66 bits per heavy atom. The van der Waals surface area contributed by atoms with Crippen molar-refractivity contribution in [3.8, 4) is 5.75 Å². The van der Waals surface area contributed by atoms with Gasteiger partial charge >= 0.3 is 0 Å². The summed E-state index contributed by atoms with van der Waals surface area (Å²) in [6.45, 7) is 8.50. The number of thiophene rings is 1. The quantitative estimate of drug-likeness (QED) is 0.648. The highest BCUT2D eigenvalue weighted by Gasteiger charge is 2.34. The Morgan fingerprint density at radius 2 is 2.03 bits per heavy atom. The standard InChI is InChI=1S/C23H28N2O3S/c1-5-12-24(23(27)16(2)3)15-21(26)25-13-10-20-19(11-14-29-20)22(25)17-6-8-18(28-4)9-7-17/h5-9,11,14,16,22H,1,10,12-13,15H2,2-4H3/t22-/m0/s1. The van der Waals surface area contributed by atoms with Crippen LogP contribution >= 0.6 is 11.3 Å². The van der Waals surface area contributed by atoms with E-state index in [0.717, 1.165) is 17.7 Å². The van der Waals surface area contributed by atoms with Crippen LogP contribution in [0.1, 0.15) is 35.9 Å². The SMILES string of the molecule is C=CCN(CC(=O)N1CCc2sccc2[C@@H]1c1ccc(OC)cc1)C(=O)C(C)C. The van der Waals surface area contributed by atoms with Crippen molar-refractivity contribution in [2.24, 2.45) is 5.92 Å². The maximum Gasteiger partial charge on any atom is 0.243 e. The molecule has 1 aliphatic rings. The van der Waals surface area contributed by atoms with Crippen LogP contribution in [0.3, 0.4) is 0 Å². The Hall–Kier alpha value is -2.60. The maximum absolute atomic E-state index is 13.3. The van der Waals surface area contributed by atoms with Gasteiger partial charge in [-0.1, -0.05) is 32.1 Å². The number of nitrogens with zero attached hydrogens (tertiary/aromatic N) is 2. The van der Waals surface area contributed by atoms with Gasteiger partial charge in [0.2, 0.25) is 11.8 Å². The van der Waals surface area contributed by atoms with E-state index in [-0.39, 0.29) is 30.3 Å². The molecule has 1 aromatic heterocycles. The van der Waals surface area contributed by atoms with E-state index in [1.54, 1.807) is 29.4 Å². The van der Waals surface area contributed by atoms with Gasteiger partial charge in [-0.05, 0) is 41.1 Å². The molecule has 0 saturated carbocycles. The summed E-state index contributed by atoms with van der Waals surface area (Å²) in [5.74, 6) is 0.545. The number of hydrogen-bond acceptors (Lipinski definition) is 4. The number of hydrogen-bond donors (Lipinski definition) is 0. The minimum Gasteiger partial charge on any atom is -0.497 e. The Labute approximate surface area is 176 Å². The molecule has 0 aliphatic carbocycles. The summed E-state index contributed by atoms with van der Waals surface area (Å²) in [5, 5.41) is 2.08. The lowest BCUT2D eigenvalue weighted by Gasteiger charge is -2.37. The molecule has 2 aromatic rings. The third-order valence-electron chi connectivity index (χ3n) is 5.20. The van der Waals surface area contributed by atoms with E-state index >= 15 is 0 Å². The molecule has 1 atom stereocenters. The summed E-state index contributed by atoms with van der Waals surface area (Å²) in [5.41, 5.74) is 2.22. The van der Waals surface area contributed by atoms with E-state index < -0.39 is 0 Å². The first-order valence-corrected chi connectivity index (χ1v) is 10.7. The fourth-order valence-electron chi connectivity index (χ4n) is 3.74. The summed E-state index contributed by atoms with van der Waals surface area (Å²) in [6, 6.07) is 9.82. The van der Waals surface area contributed by atoms with Crippen LogP contribution in [0.25, 0.3) is 0 Å². The van der Waals surface area contributed by atoms with Crippen molar-refractivity contribution in [3.63, 3.8) is 0 Å².